The Hall–Kier alpha value is -2.80. The summed E-state index contributed by atoms with van der Waals surface area (Å²) in [5.74, 6) is -1.93. The highest BCUT2D eigenvalue weighted by molar-refractivity contribution is 7.90. The Bertz CT molecular complexity index is 1080. The molecule has 0 atom stereocenters. The first kappa shape index (κ1) is 17.0. The molecule has 0 radical (unpaired) electrons. The third-order valence-electron chi connectivity index (χ3n) is 3.66. The molecular formula is C18H13F2NO3S. The second-order valence-corrected chi connectivity index (χ2v) is 6.82. The van der Waals surface area contributed by atoms with E-state index in [1.54, 1.807) is 6.07 Å². The van der Waals surface area contributed by atoms with Gasteiger partial charge in [0.2, 0.25) is 0 Å². The minimum absolute atomic E-state index is 0.429. The second kappa shape index (κ2) is 6.60. The molecule has 3 aromatic rings. The van der Waals surface area contributed by atoms with Gasteiger partial charge in [-0.2, -0.15) is 12.8 Å². The first-order valence-corrected chi connectivity index (χ1v) is 8.67. The van der Waals surface area contributed by atoms with Crippen molar-refractivity contribution in [2.75, 3.05) is 7.11 Å². The van der Waals surface area contributed by atoms with Crippen LogP contribution in [-0.4, -0.2) is 21.7 Å². The van der Waals surface area contributed by atoms with E-state index in [0.29, 0.717) is 17.4 Å². The van der Waals surface area contributed by atoms with Crippen molar-refractivity contribution in [2.45, 2.75) is 4.90 Å². The summed E-state index contributed by atoms with van der Waals surface area (Å²) in [6.45, 7) is 0. The third kappa shape index (κ3) is 3.36. The van der Waals surface area contributed by atoms with Crippen molar-refractivity contribution in [3.8, 4) is 5.75 Å². The Morgan fingerprint density at radius 3 is 2.48 bits per heavy atom. The van der Waals surface area contributed by atoms with Gasteiger partial charge in [-0.15, -0.1) is 0 Å². The van der Waals surface area contributed by atoms with E-state index >= 15 is 0 Å². The molecule has 25 heavy (non-hydrogen) atoms. The van der Waals surface area contributed by atoms with E-state index in [1.807, 2.05) is 30.3 Å². The number of sulfonamides is 1. The van der Waals surface area contributed by atoms with Gasteiger partial charge in [-0.1, -0.05) is 30.3 Å². The van der Waals surface area contributed by atoms with Gasteiger partial charge in [-0.05, 0) is 35.0 Å². The molecule has 0 unspecified atom stereocenters. The van der Waals surface area contributed by atoms with Crippen LogP contribution < -0.4 is 4.74 Å². The molecule has 0 aromatic heterocycles. The fourth-order valence-corrected chi connectivity index (χ4v) is 3.27. The van der Waals surface area contributed by atoms with E-state index in [0.717, 1.165) is 29.1 Å². The van der Waals surface area contributed by atoms with Crippen LogP contribution >= 0.6 is 0 Å². The molecule has 0 saturated heterocycles. The average molecular weight is 361 g/mol. The van der Waals surface area contributed by atoms with Crippen LogP contribution in [0, 0.1) is 11.6 Å². The van der Waals surface area contributed by atoms with Crippen LogP contribution in [0.1, 0.15) is 5.56 Å². The van der Waals surface area contributed by atoms with E-state index in [4.69, 9.17) is 4.74 Å². The Balaban J connectivity index is 2.09. The van der Waals surface area contributed by atoms with Crippen molar-refractivity contribution in [3.05, 3.63) is 71.8 Å². The molecule has 0 spiro atoms. The van der Waals surface area contributed by atoms with Gasteiger partial charge in [0.15, 0.2) is 11.6 Å². The quantitative estimate of drug-likeness (QED) is 0.662. The van der Waals surface area contributed by atoms with Gasteiger partial charge >= 0.3 is 0 Å². The van der Waals surface area contributed by atoms with Gasteiger partial charge in [-0.25, -0.2) is 8.78 Å². The standard InChI is InChI=1S/C18H13F2NO3S/c1-24-18-9-6-12-4-2-3-5-14(12)15(18)11-21-25(22,23)13-7-8-16(19)17(20)10-13/h2-11H,1H3. The Labute approximate surface area is 143 Å². The van der Waals surface area contributed by atoms with Crippen LogP contribution in [0.2, 0.25) is 0 Å². The molecule has 0 N–H and O–H groups in total. The molecule has 0 heterocycles. The van der Waals surface area contributed by atoms with E-state index in [2.05, 4.69) is 4.40 Å². The van der Waals surface area contributed by atoms with Gasteiger partial charge in [0.05, 0.1) is 18.2 Å². The molecule has 7 heteroatoms. The Morgan fingerprint density at radius 2 is 1.76 bits per heavy atom. The first-order chi connectivity index (χ1) is 11.9. The summed E-state index contributed by atoms with van der Waals surface area (Å²) in [4.78, 5) is -0.429. The molecule has 0 amide bonds. The molecule has 3 rings (SSSR count). The molecular weight excluding hydrogens is 348 g/mol. The van der Waals surface area contributed by atoms with E-state index < -0.39 is 26.6 Å². The van der Waals surface area contributed by atoms with Gasteiger partial charge in [0, 0.05) is 5.56 Å². The van der Waals surface area contributed by atoms with Crippen LogP contribution in [0.25, 0.3) is 10.8 Å². The monoisotopic (exact) mass is 361 g/mol. The minimum atomic E-state index is -4.18. The van der Waals surface area contributed by atoms with Crippen molar-refractivity contribution >= 4 is 27.0 Å². The fourth-order valence-electron chi connectivity index (χ4n) is 2.41. The molecule has 3 aromatic carbocycles. The predicted molar refractivity (Wildman–Crippen MR) is 91.6 cm³/mol. The van der Waals surface area contributed by atoms with Crippen LogP contribution in [0.3, 0.4) is 0 Å². The SMILES string of the molecule is COc1ccc2ccccc2c1C=NS(=O)(=O)c1ccc(F)c(F)c1. The number of halogens is 2. The number of nitrogens with zero attached hydrogens (tertiary/aromatic N) is 1. The van der Waals surface area contributed by atoms with Gasteiger partial charge < -0.3 is 4.74 Å². The number of benzene rings is 3. The zero-order chi connectivity index (χ0) is 18.0. The lowest BCUT2D eigenvalue weighted by Crippen LogP contribution is -2.00. The second-order valence-electron chi connectivity index (χ2n) is 5.19. The zero-order valence-electron chi connectivity index (χ0n) is 13.1. The lowest BCUT2D eigenvalue weighted by atomic mass is 10.0. The van der Waals surface area contributed by atoms with Gasteiger partial charge in [0.25, 0.3) is 10.0 Å². The summed E-state index contributed by atoms with van der Waals surface area (Å²) >= 11 is 0. The van der Waals surface area contributed by atoms with Crippen LogP contribution in [0.15, 0.2) is 63.9 Å². The zero-order valence-corrected chi connectivity index (χ0v) is 13.9. The van der Waals surface area contributed by atoms with Gasteiger partial charge in [0.1, 0.15) is 5.75 Å². The predicted octanol–water partition coefficient (Wildman–Crippen LogP) is 3.93. The average Bonchev–Trinajstić information content (AvgIpc) is 2.61. The maximum absolute atomic E-state index is 13.3. The van der Waals surface area contributed by atoms with E-state index in [9.17, 15) is 17.2 Å². The van der Waals surface area contributed by atoms with Crippen LogP contribution in [0.4, 0.5) is 8.78 Å². The molecule has 0 saturated carbocycles. The molecule has 0 aliphatic rings. The summed E-state index contributed by atoms with van der Waals surface area (Å²) in [6.07, 6.45) is 1.15. The maximum Gasteiger partial charge on any atom is 0.282 e. The van der Waals surface area contributed by atoms with Crippen LogP contribution in [-0.2, 0) is 10.0 Å². The summed E-state index contributed by atoms with van der Waals surface area (Å²) < 4.78 is 59.7. The largest absolute Gasteiger partial charge is 0.496 e. The summed E-state index contributed by atoms with van der Waals surface area (Å²) in [5.41, 5.74) is 0.478. The topological polar surface area (TPSA) is 55.7 Å². The van der Waals surface area contributed by atoms with Crippen LogP contribution in [0.5, 0.6) is 5.75 Å². The van der Waals surface area contributed by atoms with E-state index in [-0.39, 0.29) is 0 Å². The molecule has 0 aliphatic carbocycles. The smallest absolute Gasteiger partial charge is 0.282 e. The normalized spacial score (nSPS) is 12.0. The highest BCUT2D eigenvalue weighted by Crippen LogP contribution is 2.27. The van der Waals surface area contributed by atoms with Crippen molar-refractivity contribution < 1.29 is 21.9 Å². The number of hydrogen-bond donors (Lipinski definition) is 0. The van der Waals surface area contributed by atoms with Crippen molar-refractivity contribution in [2.24, 2.45) is 4.40 Å². The lowest BCUT2D eigenvalue weighted by Gasteiger charge is -2.08. The van der Waals surface area contributed by atoms with Crippen molar-refractivity contribution in [1.29, 1.82) is 0 Å². The molecule has 0 fully saturated rings. The number of hydrogen-bond acceptors (Lipinski definition) is 3. The number of ether oxygens (including phenoxy) is 1. The summed E-state index contributed by atoms with van der Waals surface area (Å²) in [7, 11) is -2.72. The van der Waals surface area contributed by atoms with Crippen molar-refractivity contribution in [1.82, 2.24) is 0 Å². The molecule has 128 valence electrons. The molecule has 4 nitrogen and oxygen atoms in total. The number of methoxy groups -OCH3 is 1. The van der Waals surface area contributed by atoms with Gasteiger partial charge in [-0.3, -0.25) is 0 Å². The lowest BCUT2D eigenvalue weighted by molar-refractivity contribution is 0.415. The summed E-state index contributed by atoms with van der Waals surface area (Å²) in [6, 6.07) is 13.2. The summed E-state index contributed by atoms with van der Waals surface area (Å²) in [5, 5.41) is 1.64. The highest BCUT2D eigenvalue weighted by Gasteiger charge is 2.16. The van der Waals surface area contributed by atoms with Crippen molar-refractivity contribution in [3.63, 3.8) is 0 Å². The molecule has 0 aliphatic heterocycles. The fraction of sp³-hybridized carbons (Fsp3) is 0.0556. The number of rotatable bonds is 4. The Morgan fingerprint density at radius 1 is 1.00 bits per heavy atom. The van der Waals surface area contributed by atoms with E-state index in [1.165, 1.54) is 7.11 Å². The minimum Gasteiger partial charge on any atom is -0.496 e. The highest BCUT2D eigenvalue weighted by atomic mass is 32.2. The first-order valence-electron chi connectivity index (χ1n) is 7.23. The number of fused-ring (bicyclic) bond motifs is 1. The Kier molecular flexibility index (Phi) is 4.50. The molecule has 0 bridgehead atoms. The maximum atomic E-state index is 13.3. The third-order valence-corrected chi connectivity index (χ3v) is 4.89.